The van der Waals surface area contributed by atoms with E-state index in [9.17, 15) is 4.79 Å². The molecule has 3 N–H and O–H groups in total. The summed E-state index contributed by atoms with van der Waals surface area (Å²) in [5.74, 6) is 1.41. The van der Waals surface area contributed by atoms with Crippen molar-refractivity contribution < 1.29 is 9.53 Å². The molecule has 29 heavy (non-hydrogen) atoms. The van der Waals surface area contributed by atoms with Crippen molar-refractivity contribution in [2.45, 2.75) is 33.3 Å². The average molecular weight is 404 g/mol. The number of nitrogens with one attached hydrogen (secondary N) is 3. The number of aliphatic imine (C=N–C) groups is 1. The van der Waals surface area contributed by atoms with E-state index in [0.29, 0.717) is 18.0 Å². The third-order valence-corrected chi connectivity index (χ3v) is 4.77. The molecule has 0 radical (unpaired) electrons. The van der Waals surface area contributed by atoms with Crippen LogP contribution in [-0.2, 0) is 11.2 Å². The molecule has 0 aliphatic carbocycles. The van der Waals surface area contributed by atoms with Crippen LogP contribution >= 0.6 is 0 Å². The van der Waals surface area contributed by atoms with Crippen LogP contribution in [0.25, 0.3) is 0 Å². The minimum atomic E-state index is -0.0614. The first-order valence-corrected chi connectivity index (χ1v) is 10.7. The summed E-state index contributed by atoms with van der Waals surface area (Å²) in [4.78, 5) is 19.0. The number of hydrogen-bond donors (Lipinski definition) is 3. The number of hydrogen-bond acceptors (Lipinski definition) is 4. The van der Waals surface area contributed by atoms with Gasteiger partial charge in [0.25, 0.3) is 5.91 Å². The van der Waals surface area contributed by atoms with E-state index in [-0.39, 0.29) is 12.0 Å². The predicted octanol–water partition coefficient (Wildman–Crippen LogP) is 1.50. The van der Waals surface area contributed by atoms with E-state index < -0.39 is 0 Å². The SMILES string of the molecule is CCNC(=NCC1CN(CC(C)C)CCO1)NCCc1cccc(C(=O)NC)c1. The van der Waals surface area contributed by atoms with Crippen molar-refractivity contribution in [1.29, 1.82) is 0 Å². The number of benzene rings is 1. The normalized spacial score (nSPS) is 18.0. The molecular formula is C22H37N5O2. The highest BCUT2D eigenvalue weighted by Gasteiger charge is 2.20. The van der Waals surface area contributed by atoms with E-state index in [1.807, 2.05) is 24.3 Å². The standard InChI is InChI=1S/C22H37N5O2/c1-5-24-22(26-14-20-16-27(11-12-29-20)15-17(2)3)25-10-9-18-7-6-8-19(13-18)21(28)23-4/h6-8,13,17,20H,5,9-12,14-16H2,1-4H3,(H,23,28)(H2,24,25,26). The number of guanidine groups is 1. The molecule has 0 saturated carbocycles. The van der Waals surface area contributed by atoms with E-state index in [1.54, 1.807) is 7.05 Å². The van der Waals surface area contributed by atoms with Crippen molar-refractivity contribution in [3.05, 3.63) is 35.4 Å². The van der Waals surface area contributed by atoms with Gasteiger partial charge >= 0.3 is 0 Å². The lowest BCUT2D eigenvalue weighted by atomic mass is 10.1. The number of morpholine rings is 1. The first-order chi connectivity index (χ1) is 14.0. The highest BCUT2D eigenvalue weighted by Crippen LogP contribution is 2.08. The molecule has 1 aromatic carbocycles. The van der Waals surface area contributed by atoms with Crippen molar-refractivity contribution in [2.24, 2.45) is 10.9 Å². The molecule has 0 aromatic heterocycles. The Labute approximate surface area is 175 Å². The van der Waals surface area contributed by atoms with Gasteiger partial charge in [-0.1, -0.05) is 26.0 Å². The Morgan fingerprint density at radius 1 is 1.34 bits per heavy atom. The monoisotopic (exact) mass is 403 g/mol. The molecule has 1 saturated heterocycles. The van der Waals surface area contributed by atoms with Crippen LogP contribution in [0.3, 0.4) is 0 Å². The summed E-state index contributed by atoms with van der Waals surface area (Å²) in [6.07, 6.45) is 0.958. The molecule has 0 bridgehead atoms. The van der Waals surface area contributed by atoms with E-state index in [0.717, 1.165) is 57.3 Å². The van der Waals surface area contributed by atoms with E-state index in [4.69, 9.17) is 9.73 Å². The lowest BCUT2D eigenvalue weighted by Crippen LogP contribution is -2.46. The van der Waals surface area contributed by atoms with Crippen LogP contribution in [0.1, 0.15) is 36.7 Å². The van der Waals surface area contributed by atoms with Gasteiger partial charge in [-0.25, -0.2) is 0 Å². The summed E-state index contributed by atoms with van der Waals surface area (Å²) in [5.41, 5.74) is 1.81. The summed E-state index contributed by atoms with van der Waals surface area (Å²) in [6, 6.07) is 7.72. The van der Waals surface area contributed by atoms with Crippen LogP contribution < -0.4 is 16.0 Å². The number of carbonyl (C=O) groups excluding carboxylic acids is 1. The fourth-order valence-corrected chi connectivity index (χ4v) is 3.45. The zero-order valence-corrected chi connectivity index (χ0v) is 18.3. The van der Waals surface area contributed by atoms with E-state index in [2.05, 4.69) is 41.6 Å². The van der Waals surface area contributed by atoms with Crippen molar-refractivity contribution in [1.82, 2.24) is 20.9 Å². The lowest BCUT2D eigenvalue weighted by molar-refractivity contribution is -0.0261. The van der Waals surface area contributed by atoms with E-state index in [1.165, 1.54) is 0 Å². The fourth-order valence-electron chi connectivity index (χ4n) is 3.45. The fraction of sp³-hybridized carbons (Fsp3) is 0.636. The van der Waals surface area contributed by atoms with Crippen molar-refractivity contribution in [2.75, 3.05) is 52.9 Å². The first kappa shape index (κ1) is 23.2. The summed E-state index contributed by atoms with van der Waals surface area (Å²) >= 11 is 0. The molecule has 7 heteroatoms. The largest absolute Gasteiger partial charge is 0.374 e. The van der Waals surface area contributed by atoms with Gasteiger partial charge < -0.3 is 20.7 Å². The predicted molar refractivity (Wildman–Crippen MR) is 119 cm³/mol. The van der Waals surface area contributed by atoms with Crippen LogP contribution in [0.2, 0.25) is 0 Å². The number of ether oxygens (including phenoxy) is 1. The molecule has 1 atom stereocenters. The maximum absolute atomic E-state index is 11.8. The molecule has 2 rings (SSSR count). The maximum Gasteiger partial charge on any atom is 0.251 e. The van der Waals surface area contributed by atoms with E-state index >= 15 is 0 Å². The van der Waals surface area contributed by atoms with Gasteiger partial charge in [-0.15, -0.1) is 0 Å². The summed E-state index contributed by atoms with van der Waals surface area (Å²) < 4.78 is 5.90. The molecule has 1 amide bonds. The molecule has 162 valence electrons. The number of carbonyl (C=O) groups is 1. The Morgan fingerprint density at radius 2 is 2.17 bits per heavy atom. The Kier molecular flexibility index (Phi) is 9.94. The highest BCUT2D eigenvalue weighted by atomic mass is 16.5. The lowest BCUT2D eigenvalue weighted by Gasteiger charge is -2.33. The second kappa shape index (κ2) is 12.4. The molecule has 0 spiro atoms. The number of nitrogens with zero attached hydrogens (tertiary/aromatic N) is 2. The van der Waals surface area contributed by atoms with Gasteiger partial charge in [0.2, 0.25) is 0 Å². The molecule has 1 fully saturated rings. The van der Waals surface area contributed by atoms with Gasteiger partial charge in [0.05, 0.1) is 19.3 Å². The van der Waals surface area contributed by atoms with Gasteiger partial charge in [-0.2, -0.15) is 0 Å². The Bertz CT molecular complexity index is 662. The molecule has 1 aliphatic heterocycles. The topological polar surface area (TPSA) is 78.0 Å². The van der Waals surface area contributed by atoms with Crippen LogP contribution in [0.15, 0.2) is 29.3 Å². The van der Waals surface area contributed by atoms with Gasteiger partial charge in [0.1, 0.15) is 0 Å². The average Bonchev–Trinajstić information content (AvgIpc) is 2.71. The first-order valence-electron chi connectivity index (χ1n) is 10.7. The van der Waals surface area contributed by atoms with Crippen LogP contribution in [0, 0.1) is 5.92 Å². The van der Waals surface area contributed by atoms with Crippen molar-refractivity contribution >= 4 is 11.9 Å². The zero-order valence-electron chi connectivity index (χ0n) is 18.3. The van der Waals surface area contributed by atoms with Crippen molar-refractivity contribution in [3.8, 4) is 0 Å². The Balaban J connectivity index is 1.84. The van der Waals surface area contributed by atoms with Gasteiger partial charge in [0.15, 0.2) is 5.96 Å². The van der Waals surface area contributed by atoms with Gasteiger partial charge in [-0.3, -0.25) is 14.7 Å². The van der Waals surface area contributed by atoms with Gasteiger partial charge in [-0.05, 0) is 37.0 Å². The molecule has 1 unspecified atom stereocenters. The Hall–Kier alpha value is -2.12. The quantitative estimate of drug-likeness (QED) is 0.430. The van der Waals surface area contributed by atoms with Crippen molar-refractivity contribution in [3.63, 3.8) is 0 Å². The zero-order chi connectivity index (χ0) is 21.1. The van der Waals surface area contributed by atoms with Crippen LogP contribution in [0.4, 0.5) is 0 Å². The maximum atomic E-state index is 11.8. The molecule has 1 heterocycles. The second-order valence-electron chi connectivity index (χ2n) is 7.82. The number of amides is 1. The van der Waals surface area contributed by atoms with Crippen LogP contribution in [0.5, 0.6) is 0 Å². The van der Waals surface area contributed by atoms with Crippen LogP contribution in [-0.4, -0.2) is 75.8 Å². The number of rotatable bonds is 9. The second-order valence-corrected chi connectivity index (χ2v) is 7.82. The molecule has 7 nitrogen and oxygen atoms in total. The third-order valence-electron chi connectivity index (χ3n) is 4.77. The third kappa shape index (κ3) is 8.41. The molecule has 1 aromatic rings. The minimum absolute atomic E-state index is 0.0614. The summed E-state index contributed by atoms with van der Waals surface area (Å²) in [6.45, 7) is 12.6. The minimum Gasteiger partial charge on any atom is -0.374 e. The molecule has 1 aliphatic rings. The Morgan fingerprint density at radius 3 is 2.90 bits per heavy atom. The molecular weight excluding hydrogens is 366 g/mol. The smallest absolute Gasteiger partial charge is 0.251 e. The van der Waals surface area contributed by atoms with Gasteiger partial charge in [0, 0.05) is 45.3 Å². The summed E-state index contributed by atoms with van der Waals surface area (Å²) in [7, 11) is 1.65. The highest BCUT2D eigenvalue weighted by molar-refractivity contribution is 5.94. The summed E-state index contributed by atoms with van der Waals surface area (Å²) in [5, 5.41) is 9.34.